The van der Waals surface area contributed by atoms with Crippen LogP contribution >= 0.6 is 0 Å². The molecule has 0 bridgehead atoms. The average Bonchev–Trinajstić information content (AvgIpc) is 2.88. The third kappa shape index (κ3) is 8.51. The van der Waals surface area contributed by atoms with Crippen LogP contribution < -0.4 is 0 Å². The van der Waals surface area contributed by atoms with Crippen LogP contribution in [0.3, 0.4) is 0 Å². The Balaban J connectivity index is 2.60. The highest BCUT2D eigenvalue weighted by Crippen LogP contribution is 2.51. The van der Waals surface area contributed by atoms with Gasteiger partial charge in [-0.15, -0.1) is 0 Å². The summed E-state index contributed by atoms with van der Waals surface area (Å²) in [6.07, 6.45) is 1.58. The summed E-state index contributed by atoms with van der Waals surface area (Å²) >= 11 is 0. The second-order valence-electron chi connectivity index (χ2n) is 21.2. The zero-order valence-electron chi connectivity index (χ0n) is 34.7. The van der Waals surface area contributed by atoms with Gasteiger partial charge < -0.3 is 15.3 Å². The maximum absolute atomic E-state index is 11.5. The first kappa shape index (κ1) is 40.5. The van der Waals surface area contributed by atoms with Crippen LogP contribution in [0.1, 0.15) is 188 Å². The Bertz CT molecular complexity index is 1600. The molecule has 3 heteroatoms. The molecular formula is C46H70O3. The molecule has 0 amide bonds. The van der Waals surface area contributed by atoms with Gasteiger partial charge in [-0.2, -0.15) is 0 Å². The van der Waals surface area contributed by atoms with Gasteiger partial charge in [0, 0.05) is 5.41 Å². The van der Waals surface area contributed by atoms with Gasteiger partial charge in [0.15, 0.2) is 0 Å². The van der Waals surface area contributed by atoms with Crippen molar-refractivity contribution in [3.8, 4) is 17.2 Å². The standard InChI is InChI=1S/C46H70O3/c1-40(2,3)29-25-37(47)34(43(10,11)12)22-28(29)20-21-46(19,32-23-35(44(13,14)15)38(48)26-30(32)41(4,5)6)33-24-36(45(16,17)18)39(49)27-31(33)42(7,8)9/h22-27,47-49H,20-21H2,1-19H3. The third-order valence-corrected chi connectivity index (χ3v) is 10.4. The third-order valence-electron chi connectivity index (χ3n) is 10.4. The fourth-order valence-corrected chi connectivity index (χ4v) is 7.47. The van der Waals surface area contributed by atoms with E-state index >= 15 is 0 Å². The molecule has 3 nitrogen and oxygen atoms in total. The van der Waals surface area contributed by atoms with Crippen LogP contribution in [0.2, 0.25) is 0 Å². The van der Waals surface area contributed by atoms with E-state index in [4.69, 9.17) is 0 Å². The highest BCUT2D eigenvalue weighted by molar-refractivity contribution is 5.59. The lowest BCUT2D eigenvalue weighted by Gasteiger charge is -2.42. The van der Waals surface area contributed by atoms with Crippen LogP contribution in [-0.4, -0.2) is 15.3 Å². The smallest absolute Gasteiger partial charge is 0.119 e. The number of aryl methyl sites for hydroxylation is 1. The van der Waals surface area contributed by atoms with Crippen LogP contribution in [0.25, 0.3) is 0 Å². The maximum Gasteiger partial charge on any atom is 0.119 e. The van der Waals surface area contributed by atoms with E-state index in [-0.39, 0.29) is 32.5 Å². The van der Waals surface area contributed by atoms with E-state index < -0.39 is 5.41 Å². The van der Waals surface area contributed by atoms with Crippen molar-refractivity contribution >= 4 is 0 Å². The average molecular weight is 671 g/mol. The van der Waals surface area contributed by atoms with Gasteiger partial charge in [-0.25, -0.2) is 0 Å². The van der Waals surface area contributed by atoms with Gasteiger partial charge in [0.1, 0.15) is 17.2 Å². The molecule has 3 aromatic rings. The largest absolute Gasteiger partial charge is 0.508 e. The van der Waals surface area contributed by atoms with Gasteiger partial charge in [0.05, 0.1) is 0 Å². The molecule has 3 N–H and O–H groups in total. The summed E-state index contributed by atoms with van der Waals surface area (Å²) in [6, 6.07) is 12.9. The molecule has 0 unspecified atom stereocenters. The first-order valence-electron chi connectivity index (χ1n) is 18.3. The van der Waals surface area contributed by atoms with E-state index in [0.29, 0.717) is 17.2 Å². The summed E-state index contributed by atoms with van der Waals surface area (Å²) in [5.74, 6) is 1.03. The van der Waals surface area contributed by atoms with E-state index in [1.807, 2.05) is 18.2 Å². The normalized spacial score (nSPS) is 14.0. The highest BCUT2D eigenvalue weighted by Gasteiger charge is 2.41. The lowest BCUT2D eigenvalue weighted by Crippen LogP contribution is -2.34. The SMILES string of the molecule is CC(C)(C)c1cc(CCC(C)(c2cc(C(C)(C)C)c(O)cc2C(C)(C)C)c2cc(C(C)(C)C)c(O)cc2C(C)(C)C)c(C(C)(C)C)cc1O. The Labute approximate surface area is 300 Å². The van der Waals surface area contributed by atoms with Crippen molar-refractivity contribution in [2.75, 3.05) is 0 Å². The quantitative estimate of drug-likeness (QED) is 0.253. The minimum absolute atomic E-state index is 0.164. The zero-order chi connectivity index (χ0) is 38.1. The molecule has 0 heterocycles. The molecule has 0 saturated heterocycles. The topological polar surface area (TPSA) is 60.7 Å². The second-order valence-corrected chi connectivity index (χ2v) is 21.2. The van der Waals surface area contributed by atoms with Crippen LogP contribution in [0.15, 0.2) is 36.4 Å². The van der Waals surface area contributed by atoms with Crippen molar-refractivity contribution in [1.82, 2.24) is 0 Å². The Morgan fingerprint density at radius 2 is 0.592 bits per heavy atom. The monoisotopic (exact) mass is 671 g/mol. The maximum atomic E-state index is 11.5. The van der Waals surface area contributed by atoms with E-state index in [9.17, 15) is 15.3 Å². The van der Waals surface area contributed by atoms with E-state index in [0.717, 1.165) is 46.2 Å². The number of aromatic hydroxyl groups is 3. The van der Waals surface area contributed by atoms with Crippen LogP contribution in [0, 0.1) is 0 Å². The van der Waals surface area contributed by atoms with E-state index in [1.165, 1.54) is 16.7 Å². The molecule has 49 heavy (non-hydrogen) atoms. The van der Waals surface area contributed by atoms with Crippen molar-refractivity contribution in [1.29, 1.82) is 0 Å². The molecule has 0 aliphatic heterocycles. The number of hydrogen-bond donors (Lipinski definition) is 3. The fraction of sp³-hybridized carbons (Fsp3) is 0.609. The predicted molar refractivity (Wildman–Crippen MR) is 211 cm³/mol. The Kier molecular flexibility index (Phi) is 10.5. The van der Waals surface area contributed by atoms with Gasteiger partial charge >= 0.3 is 0 Å². The number of rotatable bonds is 5. The molecule has 0 atom stereocenters. The number of phenolic OH excluding ortho intramolecular Hbond substituents is 3. The van der Waals surface area contributed by atoms with Crippen LogP contribution in [-0.2, 0) is 44.3 Å². The molecule has 0 radical (unpaired) electrons. The first-order chi connectivity index (χ1) is 21.7. The summed E-state index contributed by atoms with van der Waals surface area (Å²) in [4.78, 5) is 0. The Hall–Kier alpha value is -2.94. The lowest BCUT2D eigenvalue weighted by atomic mass is 9.62. The minimum atomic E-state index is -0.512. The molecular weight excluding hydrogens is 601 g/mol. The second kappa shape index (κ2) is 12.7. The fourth-order valence-electron chi connectivity index (χ4n) is 7.47. The highest BCUT2D eigenvalue weighted by atomic mass is 16.3. The van der Waals surface area contributed by atoms with Gasteiger partial charge in [-0.3, -0.25) is 0 Å². The molecule has 0 saturated carbocycles. The van der Waals surface area contributed by atoms with Crippen molar-refractivity contribution < 1.29 is 15.3 Å². The molecule has 0 aliphatic carbocycles. The first-order valence-corrected chi connectivity index (χ1v) is 18.3. The van der Waals surface area contributed by atoms with E-state index in [1.54, 1.807) is 0 Å². The van der Waals surface area contributed by atoms with Gasteiger partial charge in [-0.05, 0) is 114 Å². The molecule has 0 fully saturated rings. The number of benzene rings is 3. The summed E-state index contributed by atoms with van der Waals surface area (Å²) in [5.41, 5.74) is 8.00. The van der Waals surface area contributed by atoms with Crippen LogP contribution in [0.5, 0.6) is 17.2 Å². The molecule has 272 valence electrons. The summed E-state index contributed by atoms with van der Waals surface area (Å²) < 4.78 is 0. The van der Waals surface area contributed by atoms with Crippen molar-refractivity contribution in [3.63, 3.8) is 0 Å². The zero-order valence-corrected chi connectivity index (χ0v) is 34.7. The summed E-state index contributed by atoms with van der Waals surface area (Å²) in [6.45, 7) is 41.9. The van der Waals surface area contributed by atoms with Gasteiger partial charge in [0.2, 0.25) is 0 Å². The predicted octanol–water partition coefficient (Wildman–Crippen LogP) is 12.5. The van der Waals surface area contributed by atoms with Gasteiger partial charge in [-0.1, -0.05) is 150 Å². The summed E-state index contributed by atoms with van der Waals surface area (Å²) in [7, 11) is 0. The number of phenols is 3. The lowest BCUT2D eigenvalue weighted by molar-refractivity contribution is 0.425. The van der Waals surface area contributed by atoms with Gasteiger partial charge in [0.25, 0.3) is 0 Å². The molecule has 3 rings (SSSR count). The molecule has 0 aromatic heterocycles. The minimum Gasteiger partial charge on any atom is -0.508 e. The van der Waals surface area contributed by atoms with Crippen molar-refractivity contribution in [2.24, 2.45) is 0 Å². The van der Waals surface area contributed by atoms with Crippen LogP contribution in [0.4, 0.5) is 0 Å². The Morgan fingerprint density at radius 3 is 0.878 bits per heavy atom. The summed E-state index contributed by atoms with van der Waals surface area (Å²) in [5, 5.41) is 34.3. The van der Waals surface area contributed by atoms with Crippen molar-refractivity contribution in [3.05, 3.63) is 86.5 Å². The molecule has 3 aromatic carbocycles. The number of hydrogen-bond acceptors (Lipinski definition) is 3. The molecule has 0 aliphatic rings. The Morgan fingerprint density at radius 1 is 0.327 bits per heavy atom. The molecule has 0 spiro atoms. The van der Waals surface area contributed by atoms with Crippen molar-refractivity contribution in [2.45, 2.75) is 182 Å². The van der Waals surface area contributed by atoms with E-state index in [2.05, 4.69) is 150 Å².